The molecule has 5 nitrogen and oxygen atoms in total. The molecule has 0 fully saturated rings. The first-order valence-corrected chi connectivity index (χ1v) is 6.42. The van der Waals surface area contributed by atoms with Gasteiger partial charge in [0.05, 0.1) is 0 Å². The van der Waals surface area contributed by atoms with Crippen LogP contribution < -0.4 is 14.8 Å². The number of nitrogens with one attached hydrogen (secondary N) is 1. The van der Waals surface area contributed by atoms with Gasteiger partial charge in [0, 0.05) is 0 Å². The highest BCUT2D eigenvalue weighted by molar-refractivity contribution is 5.96. The lowest BCUT2D eigenvalue weighted by atomic mass is 10.3. The fourth-order valence-corrected chi connectivity index (χ4v) is 1.56. The predicted molar refractivity (Wildman–Crippen MR) is 77.0 cm³/mol. The van der Waals surface area contributed by atoms with Crippen molar-refractivity contribution in [3.63, 3.8) is 0 Å². The van der Waals surface area contributed by atoms with Crippen LogP contribution in [0.5, 0.6) is 11.5 Å². The first kappa shape index (κ1) is 14.6. The lowest BCUT2D eigenvalue weighted by molar-refractivity contribution is -0.132. The minimum absolute atomic E-state index is 0.221. The summed E-state index contributed by atoms with van der Waals surface area (Å²) in [4.78, 5) is 23.1. The number of hydrogen-bond acceptors (Lipinski definition) is 4. The van der Waals surface area contributed by atoms with Crippen molar-refractivity contribution in [3.8, 4) is 11.5 Å². The third-order valence-corrected chi connectivity index (χ3v) is 2.51. The first-order chi connectivity index (χ1) is 10.2. The van der Waals surface area contributed by atoms with Crippen LogP contribution in [0.1, 0.15) is 0 Å². The number of rotatable bonds is 6. The van der Waals surface area contributed by atoms with E-state index in [1.54, 1.807) is 48.5 Å². The van der Waals surface area contributed by atoms with Crippen LogP contribution in [0.2, 0.25) is 0 Å². The molecule has 0 aliphatic heterocycles. The highest BCUT2D eigenvalue weighted by atomic mass is 16.5. The molecule has 1 N–H and O–H groups in total. The maximum Gasteiger partial charge on any atom is 0.264 e. The Morgan fingerprint density at radius 1 is 0.714 bits per heavy atom. The summed E-state index contributed by atoms with van der Waals surface area (Å²) in [7, 11) is 0. The summed E-state index contributed by atoms with van der Waals surface area (Å²) in [5.41, 5.74) is 0. The van der Waals surface area contributed by atoms with Crippen molar-refractivity contribution in [1.82, 2.24) is 5.32 Å². The molecule has 0 saturated heterocycles. The molecule has 108 valence electrons. The quantitative estimate of drug-likeness (QED) is 0.878. The maximum absolute atomic E-state index is 11.5. The molecule has 0 saturated carbocycles. The van der Waals surface area contributed by atoms with Gasteiger partial charge in [0.1, 0.15) is 11.5 Å². The molecule has 0 aliphatic carbocycles. The van der Waals surface area contributed by atoms with Crippen molar-refractivity contribution in [1.29, 1.82) is 0 Å². The Morgan fingerprint density at radius 2 is 1.10 bits per heavy atom. The van der Waals surface area contributed by atoms with E-state index in [0.717, 1.165) is 0 Å². The third kappa shape index (κ3) is 5.36. The Kier molecular flexibility index (Phi) is 5.34. The van der Waals surface area contributed by atoms with Crippen molar-refractivity contribution in [3.05, 3.63) is 60.7 Å². The zero-order chi connectivity index (χ0) is 14.9. The van der Waals surface area contributed by atoms with Gasteiger partial charge in [0.25, 0.3) is 11.8 Å². The SMILES string of the molecule is O=C(COc1ccccc1)NC(=O)COc1ccccc1. The van der Waals surface area contributed by atoms with E-state index in [1.165, 1.54) is 0 Å². The van der Waals surface area contributed by atoms with Crippen LogP contribution in [0.3, 0.4) is 0 Å². The highest BCUT2D eigenvalue weighted by Crippen LogP contribution is 2.08. The number of imide groups is 1. The molecule has 0 aromatic heterocycles. The number of ether oxygens (including phenoxy) is 2. The molecule has 2 aromatic rings. The predicted octanol–water partition coefficient (Wildman–Crippen LogP) is 1.79. The van der Waals surface area contributed by atoms with Crippen LogP contribution in [0, 0.1) is 0 Å². The summed E-state index contributed by atoms with van der Waals surface area (Å²) in [6, 6.07) is 17.8. The van der Waals surface area contributed by atoms with Gasteiger partial charge in [0.15, 0.2) is 13.2 Å². The van der Waals surface area contributed by atoms with Gasteiger partial charge < -0.3 is 9.47 Å². The molecule has 0 heterocycles. The van der Waals surface area contributed by atoms with Crippen molar-refractivity contribution < 1.29 is 19.1 Å². The van der Waals surface area contributed by atoms with E-state index >= 15 is 0 Å². The Hall–Kier alpha value is -2.82. The van der Waals surface area contributed by atoms with Crippen molar-refractivity contribution in [2.24, 2.45) is 0 Å². The second kappa shape index (κ2) is 7.69. The lowest BCUT2D eigenvalue weighted by Crippen LogP contribution is -2.37. The molecule has 0 spiro atoms. The second-order valence-corrected chi connectivity index (χ2v) is 4.17. The number of amides is 2. The average molecular weight is 285 g/mol. The zero-order valence-electron chi connectivity index (χ0n) is 11.3. The summed E-state index contributed by atoms with van der Waals surface area (Å²) >= 11 is 0. The fraction of sp³-hybridized carbons (Fsp3) is 0.125. The smallest absolute Gasteiger partial charge is 0.264 e. The Bertz CT molecular complexity index is 530. The van der Waals surface area contributed by atoms with E-state index in [4.69, 9.17) is 9.47 Å². The van der Waals surface area contributed by atoms with Gasteiger partial charge in [-0.25, -0.2) is 0 Å². The molecule has 2 amide bonds. The van der Waals surface area contributed by atoms with Gasteiger partial charge in [-0.05, 0) is 24.3 Å². The first-order valence-electron chi connectivity index (χ1n) is 6.42. The number of benzene rings is 2. The minimum atomic E-state index is -0.513. The molecular weight excluding hydrogens is 270 g/mol. The summed E-state index contributed by atoms with van der Waals surface area (Å²) in [5, 5.41) is 2.19. The number of para-hydroxylation sites is 2. The minimum Gasteiger partial charge on any atom is -0.484 e. The largest absolute Gasteiger partial charge is 0.484 e. The number of carbonyl (C=O) groups excluding carboxylic acids is 2. The molecule has 0 radical (unpaired) electrons. The maximum atomic E-state index is 11.5. The monoisotopic (exact) mass is 285 g/mol. The molecule has 0 unspecified atom stereocenters. The van der Waals surface area contributed by atoms with Crippen LogP contribution in [0.25, 0.3) is 0 Å². The summed E-state index contributed by atoms with van der Waals surface area (Å²) < 4.78 is 10.5. The molecule has 0 atom stereocenters. The van der Waals surface area contributed by atoms with Gasteiger partial charge in [-0.15, -0.1) is 0 Å². The van der Waals surface area contributed by atoms with Gasteiger partial charge in [-0.1, -0.05) is 36.4 Å². The number of carbonyl (C=O) groups is 2. The molecule has 2 rings (SSSR count). The lowest BCUT2D eigenvalue weighted by Gasteiger charge is -2.07. The van der Waals surface area contributed by atoms with E-state index in [1.807, 2.05) is 12.1 Å². The third-order valence-electron chi connectivity index (χ3n) is 2.51. The molecule has 0 aliphatic rings. The highest BCUT2D eigenvalue weighted by Gasteiger charge is 2.09. The second-order valence-electron chi connectivity index (χ2n) is 4.17. The van der Waals surface area contributed by atoms with Gasteiger partial charge in [-0.2, -0.15) is 0 Å². The van der Waals surface area contributed by atoms with Gasteiger partial charge >= 0.3 is 0 Å². The van der Waals surface area contributed by atoms with Crippen molar-refractivity contribution in [2.75, 3.05) is 13.2 Å². The topological polar surface area (TPSA) is 64.6 Å². The Labute approximate surface area is 122 Å². The van der Waals surface area contributed by atoms with Gasteiger partial charge in [0.2, 0.25) is 0 Å². The van der Waals surface area contributed by atoms with Crippen LogP contribution >= 0.6 is 0 Å². The molecular formula is C16H15NO4. The van der Waals surface area contributed by atoms with E-state index < -0.39 is 11.8 Å². The van der Waals surface area contributed by atoms with E-state index in [-0.39, 0.29) is 13.2 Å². The molecule has 0 bridgehead atoms. The van der Waals surface area contributed by atoms with Crippen LogP contribution in [-0.4, -0.2) is 25.0 Å². The summed E-state index contributed by atoms with van der Waals surface area (Å²) in [6.07, 6.45) is 0. The van der Waals surface area contributed by atoms with Crippen LogP contribution in [0.4, 0.5) is 0 Å². The summed E-state index contributed by atoms with van der Waals surface area (Å²) in [5.74, 6) is 0.113. The van der Waals surface area contributed by atoms with Crippen molar-refractivity contribution in [2.45, 2.75) is 0 Å². The van der Waals surface area contributed by atoms with E-state index in [2.05, 4.69) is 5.32 Å². The Balaban J connectivity index is 1.69. The fourth-order valence-electron chi connectivity index (χ4n) is 1.56. The van der Waals surface area contributed by atoms with Gasteiger partial charge in [-0.3, -0.25) is 14.9 Å². The van der Waals surface area contributed by atoms with E-state index in [9.17, 15) is 9.59 Å². The molecule has 5 heteroatoms. The standard InChI is InChI=1S/C16H15NO4/c18-15(11-20-13-7-3-1-4-8-13)17-16(19)12-21-14-9-5-2-6-10-14/h1-10H,11-12H2,(H,17,18,19). The molecule has 21 heavy (non-hydrogen) atoms. The van der Waals surface area contributed by atoms with Crippen molar-refractivity contribution >= 4 is 11.8 Å². The molecule has 2 aromatic carbocycles. The average Bonchev–Trinajstić information content (AvgIpc) is 2.53. The summed E-state index contributed by atoms with van der Waals surface area (Å²) in [6.45, 7) is -0.442. The van der Waals surface area contributed by atoms with E-state index in [0.29, 0.717) is 11.5 Å². The van der Waals surface area contributed by atoms with Crippen LogP contribution in [-0.2, 0) is 9.59 Å². The van der Waals surface area contributed by atoms with Crippen LogP contribution in [0.15, 0.2) is 60.7 Å². The normalized spacial score (nSPS) is 9.71. The zero-order valence-corrected chi connectivity index (χ0v) is 11.3. The Morgan fingerprint density at radius 3 is 1.48 bits per heavy atom. The number of hydrogen-bond donors (Lipinski definition) is 1.